The molecule has 8 nitrogen and oxygen atoms in total. The topological polar surface area (TPSA) is 98.3 Å². The van der Waals surface area contributed by atoms with E-state index in [1.54, 1.807) is 30.3 Å². The lowest BCUT2D eigenvalue weighted by Crippen LogP contribution is -2.21. The van der Waals surface area contributed by atoms with Crippen molar-refractivity contribution in [2.75, 3.05) is 25.1 Å². The van der Waals surface area contributed by atoms with Gasteiger partial charge in [-0.3, -0.25) is 9.59 Å². The largest absolute Gasteiger partial charge is 0.490 e. The molecule has 0 bridgehead atoms. The first-order valence-corrected chi connectivity index (χ1v) is 13.1. The quantitative estimate of drug-likeness (QED) is 0.197. The SMILES string of the molecule is CCOc1ccc(C(=O)N/N=C/c2cc(Br)cc(Br)c2OCC(=O)Nc2cccc(C)c2)cc1OCC. The van der Waals surface area contributed by atoms with Crippen LogP contribution in [0.4, 0.5) is 5.69 Å². The number of rotatable bonds is 11. The minimum atomic E-state index is -0.422. The summed E-state index contributed by atoms with van der Waals surface area (Å²) in [4.78, 5) is 25.1. The third-order valence-electron chi connectivity index (χ3n) is 4.86. The fourth-order valence-electron chi connectivity index (χ4n) is 3.30. The molecule has 3 aromatic carbocycles. The molecular weight excluding hydrogens is 606 g/mol. The Morgan fingerprint density at radius 3 is 2.43 bits per heavy atom. The van der Waals surface area contributed by atoms with Gasteiger partial charge in [0, 0.05) is 21.3 Å². The highest BCUT2D eigenvalue weighted by Gasteiger charge is 2.14. The minimum Gasteiger partial charge on any atom is -0.490 e. The zero-order valence-corrected chi connectivity index (χ0v) is 23.8. The second-order valence-electron chi connectivity index (χ2n) is 7.74. The highest BCUT2D eigenvalue weighted by molar-refractivity contribution is 9.11. The van der Waals surface area contributed by atoms with Gasteiger partial charge in [-0.1, -0.05) is 28.1 Å². The van der Waals surface area contributed by atoms with E-state index in [1.807, 2.05) is 45.0 Å². The Balaban J connectivity index is 1.69. The Morgan fingerprint density at radius 1 is 0.946 bits per heavy atom. The molecule has 0 heterocycles. The average molecular weight is 633 g/mol. The smallest absolute Gasteiger partial charge is 0.271 e. The van der Waals surface area contributed by atoms with Crippen molar-refractivity contribution < 1.29 is 23.8 Å². The summed E-state index contributed by atoms with van der Waals surface area (Å²) >= 11 is 6.90. The summed E-state index contributed by atoms with van der Waals surface area (Å²) < 4.78 is 18.3. The number of benzene rings is 3. The average Bonchev–Trinajstić information content (AvgIpc) is 2.84. The summed E-state index contributed by atoms with van der Waals surface area (Å²) in [5, 5.41) is 6.89. The molecule has 10 heteroatoms. The highest BCUT2D eigenvalue weighted by Crippen LogP contribution is 2.32. The minimum absolute atomic E-state index is 0.215. The van der Waals surface area contributed by atoms with Crippen molar-refractivity contribution >= 4 is 55.6 Å². The van der Waals surface area contributed by atoms with Gasteiger partial charge in [0.1, 0.15) is 5.75 Å². The lowest BCUT2D eigenvalue weighted by Gasteiger charge is -2.13. The fraction of sp³-hybridized carbons (Fsp3) is 0.222. The summed E-state index contributed by atoms with van der Waals surface area (Å²) in [7, 11) is 0. The number of hydrogen-bond donors (Lipinski definition) is 2. The molecule has 0 atom stereocenters. The van der Waals surface area contributed by atoms with Gasteiger partial charge in [0.2, 0.25) is 0 Å². The van der Waals surface area contributed by atoms with Crippen LogP contribution >= 0.6 is 31.9 Å². The first-order valence-electron chi connectivity index (χ1n) is 11.5. The monoisotopic (exact) mass is 631 g/mol. The molecule has 0 aliphatic rings. The Labute approximate surface area is 232 Å². The van der Waals surface area contributed by atoms with E-state index in [9.17, 15) is 9.59 Å². The molecule has 37 heavy (non-hydrogen) atoms. The second kappa shape index (κ2) is 13.8. The van der Waals surface area contributed by atoms with Crippen molar-refractivity contribution in [1.29, 1.82) is 0 Å². The maximum absolute atomic E-state index is 12.7. The van der Waals surface area contributed by atoms with Crippen LogP contribution in [-0.2, 0) is 4.79 Å². The van der Waals surface area contributed by atoms with Crippen LogP contribution in [0.2, 0.25) is 0 Å². The zero-order chi connectivity index (χ0) is 26.8. The van der Waals surface area contributed by atoms with Crippen LogP contribution in [0, 0.1) is 6.92 Å². The molecule has 0 saturated carbocycles. The van der Waals surface area contributed by atoms with E-state index in [-0.39, 0.29) is 12.5 Å². The Morgan fingerprint density at radius 2 is 1.70 bits per heavy atom. The first-order chi connectivity index (χ1) is 17.8. The molecule has 0 aliphatic carbocycles. The third kappa shape index (κ3) is 8.33. The molecular formula is C27H27Br2N3O5. The number of aryl methyl sites for hydroxylation is 1. The molecule has 0 spiro atoms. The fourth-order valence-corrected chi connectivity index (χ4v) is 4.68. The van der Waals surface area contributed by atoms with Crippen LogP contribution in [0.5, 0.6) is 17.2 Å². The van der Waals surface area contributed by atoms with Crippen molar-refractivity contribution in [3.8, 4) is 17.2 Å². The van der Waals surface area contributed by atoms with Gasteiger partial charge in [0.25, 0.3) is 11.8 Å². The van der Waals surface area contributed by atoms with Crippen LogP contribution in [0.1, 0.15) is 35.3 Å². The van der Waals surface area contributed by atoms with Crippen LogP contribution in [-0.4, -0.2) is 37.8 Å². The molecule has 0 fully saturated rings. The molecule has 0 unspecified atom stereocenters. The van der Waals surface area contributed by atoms with Gasteiger partial charge in [-0.25, -0.2) is 5.43 Å². The third-order valence-corrected chi connectivity index (χ3v) is 5.91. The molecule has 194 valence electrons. The number of hydrazone groups is 1. The number of nitrogens with zero attached hydrogens (tertiary/aromatic N) is 1. The van der Waals surface area contributed by atoms with E-state index >= 15 is 0 Å². The Kier molecular flexibility index (Phi) is 10.5. The highest BCUT2D eigenvalue weighted by atomic mass is 79.9. The molecule has 0 radical (unpaired) electrons. The summed E-state index contributed by atoms with van der Waals surface area (Å²) in [5.41, 5.74) is 5.14. The van der Waals surface area contributed by atoms with E-state index in [4.69, 9.17) is 14.2 Å². The number of ether oxygens (including phenoxy) is 3. The van der Waals surface area contributed by atoms with E-state index in [2.05, 4.69) is 47.7 Å². The van der Waals surface area contributed by atoms with Crippen LogP contribution in [0.15, 0.2) is 68.6 Å². The number of anilines is 1. The number of amides is 2. The lowest BCUT2D eigenvalue weighted by atomic mass is 10.2. The standard InChI is InChI=1S/C27H27Br2N3O5/c1-4-35-23-10-9-18(13-24(23)36-5-2)27(34)32-30-15-19-12-20(28)14-22(29)26(19)37-16-25(33)31-21-8-6-7-17(3)11-21/h6-15H,4-5,16H2,1-3H3,(H,31,33)(H,32,34)/b30-15+. The molecule has 2 amide bonds. The van der Waals surface area contributed by atoms with Gasteiger partial charge < -0.3 is 19.5 Å². The lowest BCUT2D eigenvalue weighted by molar-refractivity contribution is -0.118. The van der Waals surface area contributed by atoms with E-state index in [0.29, 0.717) is 51.7 Å². The Hall–Kier alpha value is -3.37. The molecule has 0 aromatic heterocycles. The zero-order valence-electron chi connectivity index (χ0n) is 20.6. The van der Waals surface area contributed by atoms with Gasteiger partial charge in [-0.2, -0.15) is 5.10 Å². The van der Waals surface area contributed by atoms with Gasteiger partial charge in [-0.05, 0) is 84.7 Å². The van der Waals surface area contributed by atoms with Crippen molar-refractivity contribution in [1.82, 2.24) is 5.43 Å². The maximum Gasteiger partial charge on any atom is 0.271 e. The molecule has 3 rings (SSSR count). The molecule has 3 aromatic rings. The van der Waals surface area contributed by atoms with Crippen LogP contribution in [0.25, 0.3) is 0 Å². The van der Waals surface area contributed by atoms with Gasteiger partial charge in [0.05, 0.1) is 23.9 Å². The van der Waals surface area contributed by atoms with Crippen LogP contribution < -0.4 is 25.0 Å². The summed E-state index contributed by atoms with van der Waals surface area (Å²) in [6.45, 7) is 6.38. The number of hydrogen-bond acceptors (Lipinski definition) is 6. The number of halogens is 2. The van der Waals surface area contributed by atoms with Crippen molar-refractivity contribution in [3.63, 3.8) is 0 Å². The first kappa shape index (κ1) is 28.2. The Bertz CT molecular complexity index is 1300. The van der Waals surface area contributed by atoms with Gasteiger partial charge >= 0.3 is 0 Å². The number of nitrogens with one attached hydrogen (secondary N) is 2. The van der Waals surface area contributed by atoms with Crippen LogP contribution in [0.3, 0.4) is 0 Å². The number of carbonyl (C=O) groups excluding carboxylic acids is 2. The number of carbonyl (C=O) groups is 2. The molecule has 0 aliphatic heterocycles. The van der Waals surface area contributed by atoms with Crippen molar-refractivity contribution in [3.05, 3.63) is 80.2 Å². The van der Waals surface area contributed by atoms with Crippen molar-refractivity contribution in [2.24, 2.45) is 5.10 Å². The van der Waals surface area contributed by atoms with Crippen molar-refractivity contribution in [2.45, 2.75) is 20.8 Å². The van der Waals surface area contributed by atoms with Gasteiger partial charge in [0.15, 0.2) is 18.1 Å². The van der Waals surface area contributed by atoms with E-state index < -0.39 is 5.91 Å². The predicted octanol–water partition coefficient (Wildman–Crippen LogP) is 6.10. The van der Waals surface area contributed by atoms with E-state index in [0.717, 1.165) is 10.0 Å². The predicted molar refractivity (Wildman–Crippen MR) is 151 cm³/mol. The summed E-state index contributed by atoms with van der Waals surface area (Å²) in [6.07, 6.45) is 1.44. The van der Waals surface area contributed by atoms with E-state index in [1.165, 1.54) is 6.21 Å². The summed E-state index contributed by atoms with van der Waals surface area (Å²) in [6, 6.07) is 16.0. The molecule has 2 N–H and O–H groups in total. The molecule has 0 saturated heterocycles. The van der Waals surface area contributed by atoms with Gasteiger partial charge in [-0.15, -0.1) is 0 Å². The normalized spacial score (nSPS) is 10.7. The second-order valence-corrected chi connectivity index (χ2v) is 9.51. The summed E-state index contributed by atoms with van der Waals surface area (Å²) in [5.74, 6) is 0.722. The maximum atomic E-state index is 12.7.